The first-order chi connectivity index (χ1) is 13.5. The Labute approximate surface area is 166 Å². The van der Waals surface area contributed by atoms with Crippen LogP contribution in [0.4, 0.5) is 21.5 Å². The number of piperazine rings is 1. The van der Waals surface area contributed by atoms with Crippen molar-refractivity contribution < 1.29 is 4.39 Å². The zero-order valence-corrected chi connectivity index (χ0v) is 15.9. The van der Waals surface area contributed by atoms with E-state index in [-0.39, 0.29) is 5.82 Å². The quantitative estimate of drug-likeness (QED) is 0.668. The van der Waals surface area contributed by atoms with Crippen molar-refractivity contribution in [1.29, 1.82) is 0 Å². The number of nitrogens with one attached hydrogen (secondary N) is 1. The summed E-state index contributed by atoms with van der Waals surface area (Å²) in [6.45, 7) is 2.99. The molecule has 1 aliphatic rings. The van der Waals surface area contributed by atoms with Crippen molar-refractivity contribution in [2.75, 3.05) is 41.3 Å². The van der Waals surface area contributed by atoms with Gasteiger partial charge in [0.25, 0.3) is 10.9 Å². The molecule has 0 amide bonds. The Hall–Kier alpha value is -2.86. The third-order valence-corrected chi connectivity index (χ3v) is 5.46. The molecule has 0 aliphatic carbocycles. The smallest absolute Gasteiger partial charge is 0.253 e. The summed E-state index contributed by atoms with van der Waals surface area (Å²) in [6.07, 6.45) is 0. The van der Waals surface area contributed by atoms with Gasteiger partial charge in [0, 0.05) is 43.4 Å². The molecule has 0 aromatic heterocycles. The second kappa shape index (κ2) is 7.64. The standard InChI is InChI=1S/C21H19ClFN3O2/c22-17-4-2-1-3-14(17)13-24-18-19(21(28)20(18)27)26-11-9-25(10-12-26)16-7-5-15(23)6-8-16/h1-8,24H,9-13H2. The van der Waals surface area contributed by atoms with Gasteiger partial charge in [-0.2, -0.15) is 0 Å². The molecule has 0 radical (unpaired) electrons. The normalized spacial score (nSPS) is 14.5. The van der Waals surface area contributed by atoms with Gasteiger partial charge in [0.05, 0.1) is 0 Å². The second-order valence-corrected chi connectivity index (χ2v) is 7.18. The van der Waals surface area contributed by atoms with Gasteiger partial charge in [-0.3, -0.25) is 9.59 Å². The maximum Gasteiger partial charge on any atom is 0.253 e. The largest absolute Gasteiger partial charge is 0.376 e. The van der Waals surface area contributed by atoms with E-state index in [1.165, 1.54) is 12.1 Å². The summed E-state index contributed by atoms with van der Waals surface area (Å²) in [5.41, 5.74) is 1.70. The molecule has 1 saturated heterocycles. The summed E-state index contributed by atoms with van der Waals surface area (Å²) >= 11 is 6.16. The molecule has 144 valence electrons. The van der Waals surface area contributed by atoms with Crippen molar-refractivity contribution in [2.24, 2.45) is 0 Å². The van der Waals surface area contributed by atoms with Crippen LogP contribution < -0.4 is 26.0 Å². The van der Waals surface area contributed by atoms with Crippen LogP contribution >= 0.6 is 11.6 Å². The number of benzene rings is 2. The van der Waals surface area contributed by atoms with Gasteiger partial charge in [0.2, 0.25) is 0 Å². The lowest BCUT2D eigenvalue weighted by atomic mass is 10.1. The highest BCUT2D eigenvalue weighted by Crippen LogP contribution is 2.25. The molecule has 1 N–H and O–H groups in total. The first-order valence-electron chi connectivity index (χ1n) is 9.10. The van der Waals surface area contributed by atoms with E-state index in [2.05, 4.69) is 10.2 Å². The number of hydrogen-bond acceptors (Lipinski definition) is 5. The zero-order valence-electron chi connectivity index (χ0n) is 15.1. The monoisotopic (exact) mass is 399 g/mol. The molecule has 1 aliphatic heterocycles. The highest BCUT2D eigenvalue weighted by molar-refractivity contribution is 6.31. The SMILES string of the molecule is O=c1c(NCc2ccccc2Cl)c(N2CCN(c3ccc(F)cc3)CC2)c1=O. The van der Waals surface area contributed by atoms with E-state index in [9.17, 15) is 14.0 Å². The van der Waals surface area contributed by atoms with Crippen molar-refractivity contribution in [3.05, 3.63) is 85.4 Å². The van der Waals surface area contributed by atoms with Crippen molar-refractivity contribution >= 4 is 28.7 Å². The Morgan fingerprint density at radius 1 is 0.893 bits per heavy atom. The molecule has 7 heteroatoms. The molecule has 5 nitrogen and oxygen atoms in total. The van der Waals surface area contributed by atoms with Crippen LogP contribution in [0.15, 0.2) is 58.1 Å². The molecule has 0 unspecified atom stereocenters. The van der Waals surface area contributed by atoms with Gasteiger partial charge < -0.3 is 15.1 Å². The lowest BCUT2D eigenvalue weighted by Gasteiger charge is -2.38. The minimum atomic E-state index is -0.483. The highest BCUT2D eigenvalue weighted by Gasteiger charge is 2.28. The van der Waals surface area contributed by atoms with Crippen LogP contribution in [0.25, 0.3) is 0 Å². The summed E-state index contributed by atoms with van der Waals surface area (Å²) in [6, 6.07) is 13.8. The number of hydrogen-bond donors (Lipinski definition) is 1. The molecule has 4 rings (SSSR count). The summed E-state index contributed by atoms with van der Waals surface area (Å²) < 4.78 is 13.1. The Morgan fingerprint density at radius 2 is 1.54 bits per heavy atom. The minimum absolute atomic E-state index is 0.264. The van der Waals surface area contributed by atoms with Gasteiger partial charge in [-0.15, -0.1) is 0 Å². The van der Waals surface area contributed by atoms with Gasteiger partial charge in [-0.1, -0.05) is 29.8 Å². The molecular formula is C21H19ClFN3O2. The molecular weight excluding hydrogens is 381 g/mol. The predicted octanol–water partition coefficient (Wildman–Crippen LogP) is 3.01. The van der Waals surface area contributed by atoms with Gasteiger partial charge in [0.15, 0.2) is 0 Å². The lowest BCUT2D eigenvalue weighted by molar-refractivity contribution is 0.624. The topological polar surface area (TPSA) is 52.7 Å². The number of anilines is 3. The zero-order chi connectivity index (χ0) is 19.7. The number of nitrogens with zero attached hydrogens (tertiary/aromatic N) is 2. The van der Waals surface area contributed by atoms with Crippen molar-refractivity contribution in [1.82, 2.24) is 0 Å². The van der Waals surface area contributed by atoms with E-state index in [0.29, 0.717) is 49.1 Å². The van der Waals surface area contributed by atoms with E-state index < -0.39 is 10.9 Å². The van der Waals surface area contributed by atoms with E-state index in [4.69, 9.17) is 11.6 Å². The minimum Gasteiger partial charge on any atom is -0.376 e. The van der Waals surface area contributed by atoms with Crippen LogP contribution in [0.5, 0.6) is 0 Å². The van der Waals surface area contributed by atoms with E-state index in [1.807, 2.05) is 23.1 Å². The molecule has 28 heavy (non-hydrogen) atoms. The maximum atomic E-state index is 13.1. The Kier molecular flexibility index (Phi) is 5.05. The molecule has 0 spiro atoms. The summed E-state index contributed by atoms with van der Waals surface area (Å²) in [5, 5.41) is 3.69. The molecule has 1 heterocycles. The van der Waals surface area contributed by atoms with Crippen molar-refractivity contribution in [3.8, 4) is 0 Å². The molecule has 0 saturated carbocycles. The first-order valence-corrected chi connectivity index (χ1v) is 9.48. The highest BCUT2D eigenvalue weighted by atomic mass is 35.5. The third kappa shape index (κ3) is 3.47. The van der Waals surface area contributed by atoms with Gasteiger partial charge in [-0.25, -0.2) is 4.39 Å². The van der Waals surface area contributed by atoms with Crippen LogP contribution in [0.2, 0.25) is 5.02 Å². The fourth-order valence-electron chi connectivity index (χ4n) is 3.51. The van der Waals surface area contributed by atoms with Gasteiger partial charge >= 0.3 is 0 Å². The first kappa shape index (κ1) is 18.5. The fourth-order valence-corrected chi connectivity index (χ4v) is 3.71. The summed E-state index contributed by atoms with van der Waals surface area (Å²) in [4.78, 5) is 28.3. The van der Waals surface area contributed by atoms with Crippen LogP contribution in [0, 0.1) is 5.82 Å². The van der Waals surface area contributed by atoms with Crippen LogP contribution in [-0.2, 0) is 6.54 Å². The van der Waals surface area contributed by atoms with Gasteiger partial charge in [-0.05, 0) is 35.9 Å². The number of halogens is 2. The average Bonchev–Trinajstić information content (AvgIpc) is 2.72. The summed E-state index contributed by atoms with van der Waals surface area (Å²) in [7, 11) is 0. The van der Waals surface area contributed by atoms with Crippen LogP contribution in [0.1, 0.15) is 5.56 Å². The van der Waals surface area contributed by atoms with E-state index in [0.717, 1.165) is 11.3 Å². The maximum absolute atomic E-state index is 13.1. The van der Waals surface area contributed by atoms with Crippen LogP contribution in [0.3, 0.4) is 0 Å². The molecule has 0 atom stereocenters. The van der Waals surface area contributed by atoms with E-state index >= 15 is 0 Å². The van der Waals surface area contributed by atoms with E-state index in [1.54, 1.807) is 18.2 Å². The molecule has 3 aromatic rings. The fraction of sp³-hybridized carbons (Fsp3) is 0.238. The van der Waals surface area contributed by atoms with Crippen LogP contribution in [-0.4, -0.2) is 26.2 Å². The van der Waals surface area contributed by atoms with Crippen molar-refractivity contribution in [2.45, 2.75) is 6.54 Å². The molecule has 1 fully saturated rings. The average molecular weight is 400 g/mol. The second-order valence-electron chi connectivity index (χ2n) is 6.78. The molecule has 0 bridgehead atoms. The Bertz CT molecular complexity index is 1050. The lowest BCUT2D eigenvalue weighted by Crippen LogP contribution is -2.51. The molecule has 3 aromatic carbocycles. The number of rotatable bonds is 5. The van der Waals surface area contributed by atoms with Gasteiger partial charge in [0.1, 0.15) is 17.2 Å². The van der Waals surface area contributed by atoms with Crippen molar-refractivity contribution in [3.63, 3.8) is 0 Å². The summed E-state index contributed by atoms with van der Waals surface area (Å²) in [5.74, 6) is -0.264. The predicted molar refractivity (Wildman–Crippen MR) is 111 cm³/mol. The third-order valence-electron chi connectivity index (χ3n) is 5.09. The Balaban J connectivity index is 1.44. The Morgan fingerprint density at radius 3 is 2.21 bits per heavy atom.